The van der Waals surface area contributed by atoms with Gasteiger partial charge in [0.25, 0.3) is 0 Å². The van der Waals surface area contributed by atoms with E-state index in [-0.39, 0.29) is 0 Å². The maximum atomic E-state index is 5.45. The van der Waals surface area contributed by atoms with Crippen LogP contribution in [0.1, 0.15) is 17.0 Å². The summed E-state index contributed by atoms with van der Waals surface area (Å²) in [5.41, 5.74) is 2.26. The van der Waals surface area contributed by atoms with Crippen molar-refractivity contribution in [3.05, 3.63) is 38.4 Å². The molecule has 2 aromatic rings. The number of aryl methyl sites for hydroxylation is 1. The second kappa shape index (κ2) is 5.16. The molecular formula is C10H11Br2N3O. The highest BCUT2D eigenvalue weighted by molar-refractivity contribution is 9.13. The summed E-state index contributed by atoms with van der Waals surface area (Å²) in [7, 11) is 0. The summed E-state index contributed by atoms with van der Waals surface area (Å²) in [5, 5.41) is 10.2. The summed E-state index contributed by atoms with van der Waals surface area (Å²) < 4.78 is 7.11. The molecule has 0 atom stereocenters. The van der Waals surface area contributed by atoms with Crippen molar-refractivity contribution >= 4 is 31.9 Å². The van der Waals surface area contributed by atoms with E-state index < -0.39 is 0 Å². The molecule has 0 amide bonds. The predicted molar refractivity (Wildman–Crippen MR) is 68.0 cm³/mol. The first-order valence-electron chi connectivity index (χ1n) is 4.80. The zero-order valence-corrected chi connectivity index (χ0v) is 11.9. The smallest absolute Gasteiger partial charge is 0.183 e. The van der Waals surface area contributed by atoms with Crippen LogP contribution in [0.4, 0.5) is 0 Å². The van der Waals surface area contributed by atoms with E-state index in [0.29, 0.717) is 6.54 Å². The number of nitrogens with zero attached hydrogens (tertiary/aromatic N) is 1. The number of rotatable bonds is 4. The fraction of sp³-hybridized carbons (Fsp3) is 0.300. The second-order valence-electron chi connectivity index (χ2n) is 3.46. The lowest BCUT2D eigenvalue weighted by molar-refractivity contribution is 0.464. The molecule has 0 fully saturated rings. The number of hydrogen-bond acceptors (Lipinski definition) is 3. The quantitative estimate of drug-likeness (QED) is 0.892. The van der Waals surface area contributed by atoms with E-state index >= 15 is 0 Å². The number of aromatic nitrogens is 2. The molecule has 0 unspecified atom stereocenters. The largest absolute Gasteiger partial charge is 0.452 e. The Morgan fingerprint density at radius 2 is 2.25 bits per heavy atom. The first kappa shape index (κ1) is 11.9. The van der Waals surface area contributed by atoms with Gasteiger partial charge in [-0.1, -0.05) is 0 Å². The van der Waals surface area contributed by atoms with E-state index in [0.717, 1.165) is 27.1 Å². The average molecular weight is 349 g/mol. The topological polar surface area (TPSA) is 53.9 Å². The molecule has 0 spiro atoms. The molecule has 2 aromatic heterocycles. The Morgan fingerprint density at radius 1 is 1.44 bits per heavy atom. The monoisotopic (exact) mass is 347 g/mol. The van der Waals surface area contributed by atoms with Crippen molar-refractivity contribution in [2.75, 3.05) is 0 Å². The minimum Gasteiger partial charge on any atom is -0.452 e. The van der Waals surface area contributed by atoms with Crippen molar-refractivity contribution < 1.29 is 4.42 Å². The van der Waals surface area contributed by atoms with Gasteiger partial charge in [-0.05, 0) is 44.8 Å². The molecule has 86 valence electrons. The van der Waals surface area contributed by atoms with Gasteiger partial charge in [0.1, 0.15) is 5.76 Å². The molecule has 0 aliphatic heterocycles. The number of hydrogen-bond donors (Lipinski definition) is 2. The van der Waals surface area contributed by atoms with Gasteiger partial charge in [-0.3, -0.25) is 5.10 Å². The Balaban J connectivity index is 1.87. The van der Waals surface area contributed by atoms with E-state index in [2.05, 4.69) is 47.4 Å². The molecule has 2 rings (SSSR count). The van der Waals surface area contributed by atoms with Crippen molar-refractivity contribution in [3.63, 3.8) is 0 Å². The Hall–Kier alpha value is -0.590. The standard InChI is InChI=1S/C10H11Br2N3O/c1-6-7(4-14-15-6)3-13-5-8-2-9(11)10(12)16-8/h2,4,13H,3,5H2,1H3,(H,14,15). The van der Waals surface area contributed by atoms with Gasteiger partial charge in [-0.25, -0.2) is 0 Å². The van der Waals surface area contributed by atoms with E-state index in [4.69, 9.17) is 4.42 Å². The summed E-state index contributed by atoms with van der Waals surface area (Å²) in [6, 6.07) is 1.94. The van der Waals surface area contributed by atoms with Crippen LogP contribution in [-0.2, 0) is 13.1 Å². The maximum absolute atomic E-state index is 5.45. The molecular weight excluding hydrogens is 338 g/mol. The van der Waals surface area contributed by atoms with Crippen LogP contribution in [-0.4, -0.2) is 10.2 Å². The fourth-order valence-electron chi connectivity index (χ4n) is 1.35. The van der Waals surface area contributed by atoms with E-state index in [1.165, 1.54) is 5.56 Å². The first-order valence-corrected chi connectivity index (χ1v) is 6.38. The minimum atomic E-state index is 0.689. The van der Waals surface area contributed by atoms with Crippen LogP contribution < -0.4 is 5.32 Å². The third-order valence-corrected chi connectivity index (χ3v) is 3.96. The molecule has 2 heterocycles. The molecule has 6 heteroatoms. The molecule has 2 N–H and O–H groups in total. The Morgan fingerprint density at radius 3 is 2.81 bits per heavy atom. The highest BCUT2D eigenvalue weighted by atomic mass is 79.9. The second-order valence-corrected chi connectivity index (χ2v) is 5.03. The molecule has 0 aromatic carbocycles. The zero-order valence-electron chi connectivity index (χ0n) is 8.68. The lowest BCUT2D eigenvalue weighted by atomic mass is 10.2. The summed E-state index contributed by atoms with van der Waals surface area (Å²) in [6.45, 7) is 3.47. The van der Waals surface area contributed by atoms with Gasteiger partial charge >= 0.3 is 0 Å². The molecule has 0 aliphatic carbocycles. The van der Waals surface area contributed by atoms with Gasteiger partial charge in [0, 0.05) is 17.8 Å². The molecule has 0 radical (unpaired) electrons. The van der Waals surface area contributed by atoms with Crippen LogP contribution in [0.5, 0.6) is 0 Å². The number of H-pyrrole nitrogens is 1. The van der Waals surface area contributed by atoms with Crippen molar-refractivity contribution in [1.82, 2.24) is 15.5 Å². The van der Waals surface area contributed by atoms with Crippen molar-refractivity contribution in [2.24, 2.45) is 0 Å². The van der Waals surface area contributed by atoms with Gasteiger partial charge in [0.05, 0.1) is 17.2 Å². The summed E-state index contributed by atoms with van der Waals surface area (Å²) in [5.74, 6) is 0.889. The first-order chi connectivity index (χ1) is 7.66. The van der Waals surface area contributed by atoms with E-state index in [9.17, 15) is 0 Å². The zero-order chi connectivity index (χ0) is 11.5. The van der Waals surface area contributed by atoms with Gasteiger partial charge in [0.15, 0.2) is 4.67 Å². The third kappa shape index (κ3) is 2.75. The van der Waals surface area contributed by atoms with Crippen LogP contribution in [0.3, 0.4) is 0 Å². The predicted octanol–water partition coefficient (Wildman–Crippen LogP) is 3.13. The minimum absolute atomic E-state index is 0.689. The van der Waals surface area contributed by atoms with Crippen LogP contribution in [0, 0.1) is 6.92 Å². The maximum Gasteiger partial charge on any atom is 0.183 e. The van der Waals surface area contributed by atoms with Crippen molar-refractivity contribution in [3.8, 4) is 0 Å². The number of furan rings is 1. The Bertz CT molecular complexity index is 459. The van der Waals surface area contributed by atoms with Gasteiger partial charge in [-0.2, -0.15) is 5.10 Å². The Labute approximate surface area is 110 Å². The fourth-order valence-corrected chi connectivity index (χ4v) is 2.01. The molecule has 0 saturated carbocycles. The number of halogens is 2. The molecule has 4 nitrogen and oxygen atoms in total. The van der Waals surface area contributed by atoms with Crippen LogP contribution in [0.15, 0.2) is 25.8 Å². The van der Waals surface area contributed by atoms with Gasteiger partial charge in [-0.15, -0.1) is 0 Å². The molecule has 16 heavy (non-hydrogen) atoms. The summed E-state index contributed by atoms with van der Waals surface area (Å²) in [4.78, 5) is 0. The van der Waals surface area contributed by atoms with Gasteiger partial charge < -0.3 is 9.73 Å². The van der Waals surface area contributed by atoms with Gasteiger partial charge in [0.2, 0.25) is 0 Å². The lowest BCUT2D eigenvalue weighted by Crippen LogP contribution is -2.12. The summed E-state index contributed by atoms with van der Waals surface area (Å²) in [6.07, 6.45) is 1.83. The third-order valence-electron chi connectivity index (χ3n) is 2.25. The Kier molecular flexibility index (Phi) is 3.83. The molecule has 0 aliphatic rings. The normalized spacial score (nSPS) is 10.9. The van der Waals surface area contributed by atoms with E-state index in [1.54, 1.807) is 0 Å². The van der Waals surface area contributed by atoms with Crippen LogP contribution in [0.2, 0.25) is 0 Å². The highest BCUT2D eigenvalue weighted by Crippen LogP contribution is 2.26. The van der Waals surface area contributed by atoms with Crippen molar-refractivity contribution in [2.45, 2.75) is 20.0 Å². The molecule has 0 bridgehead atoms. The van der Waals surface area contributed by atoms with Crippen LogP contribution in [0.25, 0.3) is 0 Å². The molecule has 0 saturated heterocycles. The number of aromatic amines is 1. The lowest BCUT2D eigenvalue weighted by Gasteiger charge is -2.00. The van der Waals surface area contributed by atoms with Crippen LogP contribution >= 0.6 is 31.9 Å². The van der Waals surface area contributed by atoms with Crippen molar-refractivity contribution in [1.29, 1.82) is 0 Å². The van der Waals surface area contributed by atoms with E-state index in [1.807, 2.05) is 19.2 Å². The summed E-state index contributed by atoms with van der Waals surface area (Å²) >= 11 is 6.68. The SMILES string of the molecule is Cc1[nH]ncc1CNCc1cc(Br)c(Br)o1. The number of nitrogens with one attached hydrogen (secondary N) is 2. The average Bonchev–Trinajstić information content (AvgIpc) is 2.76. The highest BCUT2D eigenvalue weighted by Gasteiger charge is 2.06.